The maximum atomic E-state index is 12.6. The molecule has 8 nitrogen and oxygen atoms in total. The van der Waals surface area contributed by atoms with Crippen LogP contribution in [0, 0.1) is 0 Å². The molecule has 150 valence electrons. The highest BCUT2D eigenvalue weighted by Crippen LogP contribution is 2.22. The number of nitrogens with one attached hydrogen (secondary N) is 2. The number of aromatic hydroxyl groups is 1. The Kier molecular flexibility index (Phi) is 5.99. The molecule has 1 amide bonds. The van der Waals surface area contributed by atoms with Gasteiger partial charge in [-0.3, -0.25) is 9.52 Å². The second-order valence-electron chi connectivity index (χ2n) is 5.92. The summed E-state index contributed by atoms with van der Waals surface area (Å²) in [7, 11) is -3.84. The number of amides is 1. The number of anilines is 2. The fraction of sp³-hybridized carbons (Fsp3) is 0.100. The first kappa shape index (κ1) is 20.2. The molecule has 3 aromatic rings. The molecule has 9 heteroatoms. The molecule has 0 aliphatic heterocycles. The predicted molar refractivity (Wildman–Crippen MR) is 109 cm³/mol. The summed E-state index contributed by atoms with van der Waals surface area (Å²) in [4.78, 5) is 16.3. The lowest BCUT2D eigenvalue weighted by atomic mass is 10.2. The number of carbonyl (C=O) groups is 1. The van der Waals surface area contributed by atoms with Gasteiger partial charge in [0.25, 0.3) is 15.9 Å². The van der Waals surface area contributed by atoms with Crippen LogP contribution >= 0.6 is 0 Å². The zero-order valence-electron chi connectivity index (χ0n) is 15.5. The maximum Gasteiger partial charge on any atom is 0.261 e. The van der Waals surface area contributed by atoms with Crippen molar-refractivity contribution in [2.24, 2.45) is 0 Å². The van der Waals surface area contributed by atoms with Crippen molar-refractivity contribution in [1.82, 2.24) is 4.98 Å². The lowest BCUT2D eigenvalue weighted by Crippen LogP contribution is -2.15. The molecule has 3 rings (SSSR count). The number of rotatable bonds is 7. The Morgan fingerprint density at radius 3 is 2.55 bits per heavy atom. The molecule has 2 aromatic carbocycles. The highest BCUT2D eigenvalue weighted by Gasteiger charge is 2.16. The number of carbonyl (C=O) groups excluding carboxylic acids is 1. The van der Waals surface area contributed by atoms with Crippen molar-refractivity contribution in [3.05, 3.63) is 72.4 Å². The number of aromatic nitrogens is 1. The van der Waals surface area contributed by atoms with Gasteiger partial charge in [0.1, 0.15) is 5.75 Å². The molecule has 0 fully saturated rings. The molecule has 0 aliphatic carbocycles. The van der Waals surface area contributed by atoms with Gasteiger partial charge in [0.15, 0.2) is 11.6 Å². The maximum absolute atomic E-state index is 12.6. The monoisotopic (exact) mass is 413 g/mol. The van der Waals surface area contributed by atoms with Gasteiger partial charge in [0.2, 0.25) is 0 Å². The molecule has 0 atom stereocenters. The Balaban J connectivity index is 1.76. The van der Waals surface area contributed by atoms with Gasteiger partial charge in [0.05, 0.1) is 11.5 Å². The molecule has 0 unspecified atom stereocenters. The van der Waals surface area contributed by atoms with Gasteiger partial charge in [0, 0.05) is 17.4 Å². The minimum atomic E-state index is -3.84. The summed E-state index contributed by atoms with van der Waals surface area (Å²) in [6.45, 7) is 2.32. The SMILES string of the molecule is CCOc1ccc(S(=O)(=O)Nc2cccc(C(=O)Nc3ncccc3O)c2)cc1. The Hall–Kier alpha value is -3.59. The van der Waals surface area contributed by atoms with Crippen LogP contribution in [-0.4, -0.2) is 31.0 Å². The van der Waals surface area contributed by atoms with E-state index in [1.54, 1.807) is 18.2 Å². The zero-order valence-corrected chi connectivity index (χ0v) is 16.3. The first-order chi connectivity index (χ1) is 13.9. The summed E-state index contributed by atoms with van der Waals surface area (Å²) in [5.74, 6) is -0.130. The molecule has 0 bridgehead atoms. The highest BCUT2D eigenvalue weighted by molar-refractivity contribution is 7.92. The number of ether oxygens (including phenoxy) is 1. The summed E-state index contributed by atoms with van der Waals surface area (Å²) >= 11 is 0. The normalized spacial score (nSPS) is 10.9. The van der Waals surface area contributed by atoms with E-state index in [9.17, 15) is 18.3 Å². The van der Waals surface area contributed by atoms with Crippen LogP contribution in [0.5, 0.6) is 11.5 Å². The van der Waals surface area contributed by atoms with E-state index < -0.39 is 15.9 Å². The van der Waals surface area contributed by atoms with Crippen LogP contribution in [0.4, 0.5) is 11.5 Å². The van der Waals surface area contributed by atoms with Crippen molar-refractivity contribution < 1.29 is 23.1 Å². The summed E-state index contributed by atoms with van der Waals surface area (Å²) < 4.78 is 32.9. The minimum Gasteiger partial charge on any atom is -0.504 e. The first-order valence-corrected chi connectivity index (χ1v) is 10.2. The van der Waals surface area contributed by atoms with Gasteiger partial charge in [-0.1, -0.05) is 6.07 Å². The molecule has 0 saturated heterocycles. The van der Waals surface area contributed by atoms with E-state index in [1.165, 1.54) is 48.7 Å². The second-order valence-corrected chi connectivity index (χ2v) is 7.60. The second kappa shape index (κ2) is 8.61. The van der Waals surface area contributed by atoms with Crippen LogP contribution in [0.3, 0.4) is 0 Å². The minimum absolute atomic E-state index is 0.0119. The molecule has 1 aromatic heterocycles. The number of pyridine rings is 1. The van der Waals surface area contributed by atoms with Crippen LogP contribution in [-0.2, 0) is 10.0 Å². The molecule has 29 heavy (non-hydrogen) atoms. The quantitative estimate of drug-likeness (QED) is 0.547. The lowest BCUT2D eigenvalue weighted by molar-refractivity contribution is 0.102. The smallest absolute Gasteiger partial charge is 0.261 e. The van der Waals surface area contributed by atoms with Crippen LogP contribution in [0.1, 0.15) is 17.3 Å². The third-order valence-electron chi connectivity index (χ3n) is 3.84. The van der Waals surface area contributed by atoms with Crippen LogP contribution in [0.2, 0.25) is 0 Å². The van der Waals surface area contributed by atoms with E-state index in [4.69, 9.17) is 4.74 Å². The van der Waals surface area contributed by atoms with E-state index in [0.29, 0.717) is 12.4 Å². The predicted octanol–water partition coefficient (Wildman–Crippen LogP) is 3.24. The Morgan fingerprint density at radius 2 is 1.86 bits per heavy atom. The molecule has 1 heterocycles. The van der Waals surface area contributed by atoms with E-state index >= 15 is 0 Å². The lowest BCUT2D eigenvalue weighted by Gasteiger charge is -2.11. The number of sulfonamides is 1. The Morgan fingerprint density at radius 1 is 1.10 bits per heavy atom. The van der Waals surface area contributed by atoms with Gasteiger partial charge in [-0.05, 0) is 61.5 Å². The zero-order chi connectivity index (χ0) is 20.9. The van der Waals surface area contributed by atoms with Gasteiger partial charge >= 0.3 is 0 Å². The van der Waals surface area contributed by atoms with E-state index in [2.05, 4.69) is 15.0 Å². The summed E-state index contributed by atoms with van der Waals surface area (Å²) in [6, 6.07) is 14.9. The van der Waals surface area contributed by atoms with Crippen molar-refractivity contribution >= 4 is 27.4 Å². The third-order valence-corrected chi connectivity index (χ3v) is 5.24. The van der Waals surface area contributed by atoms with Crippen molar-refractivity contribution in [2.45, 2.75) is 11.8 Å². The molecule has 0 aliphatic rings. The van der Waals surface area contributed by atoms with Crippen molar-refractivity contribution in [2.75, 3.05) is 16.6 Å². The van der Waals surface area contributed by atoms with Gasteiger partial charge < -0.3 is 15.2 Å². The average Bonchev–Trinajstić information content (AvgIpc) is 2.70. The highest BCUT2D eigenvalue weighted by atomic mass is 32.2. The standard InChI is InChI=1S/C20H19N3O5S/c1-2-28-16-8-10-17(11-9-16)29(26,27)23-15-6-3-5-14(13-15)20(25)22-19-18(24)7-4-12-21-19/h3-13,23-24H,2H2,1H3,(H,21,22,25). The van der Waals surface area contributed by atoms with Crippen molar-refractivity contribution in [3.63, 3.8) is 0 Å². The molecular formula is C20H19N3O5S. The van der Waals surface area contributed by atoms with Gasteiger partial charge in [-0.2, -0.15) is 0 Å². The van der Waals surface area contributed by atoms with E-state index in [1.807, 2.05) is 6.92 Å². The molecule has 0 saturated carbocycles. The van der Waals surface area contributed by atoms with Crippen LogP contribution in [0.25, 0.3) is 0 Å². The molecule has 3 N–H and O–H groups in total. The Labute approximate surface area is 168 Å². The van der Waals surface area contributed by atoms with Crippen molar-refractivity contribution in [3.8, 4) is 11.5 Å². The number of nitrogens with zero attached hydrogens (tertiary/aromatic N) is 1. The Bertz CT molecular complexity index is 1110. The summed E-state index contributed by atoms with van der Waals surface area (Å²) in [5.41, 5.74) is 0.415. The average molecular weight is 413 g/mol. The summed E-state index contributed by atoms with van der Waals surface area (Å²) in [5, 5.41) is 12.2. The van der Waals surface area contributed by atoms with Crippen LogP contribution in [0.15, 0.2) is 71.8 Å². The largest absolute Gasteiger partial charge is 0.504 e. The van der Waals surface area contributed by atoms with Crippen molar-refractivity contribution in [1.29, 1.82) is 0 Å². The number of benzene rings is 2. The molecule has 0 radical (unpaired) electrons. The fourth-order valence-corrected chi connectivity index (χ4v) is 3.54. The van der Waals surface area contributed by atoms with Gasteiger partial charge in [-0.25, -0.2) is 13.4 Å². The topological polar surface area (TPSA) is 118 Å². The molecule has 0 spiro atoms. The molecular weight excluding hydrogens is 394 g/mol. The summed E-state index contributed by atoms with van der Waals surface area (Å²) in [6.07, 6.45) is 1.43. The fourth-order valence-electron chi connectivity index (χ4n) is 2.49. The van der Waals surface area contributed by atoms with Gasteiger partial charge in [-0.15, -0.1) is 0 Å². The van der Waals surface area contributed by atoms with Crippen LogP contribution < -0.4 is 14.8 Å². The van der Waals surface area contributed by atoms with E-state index in [0.717, 1.165) is 0 Å². The number of hydrogen-bond acceptors (Lipinski definition) is 6. The first-order valence-electron chi connectivity index (χ1n) is 8.70. The van der Waals surface area contributed by atoms with E-state index in [-0.39, 0.29) is 27.7 Å². The third kappa shape index (κ3) is 5.02. The number of hydrogen-bond donors (Lipinski definition) is 3.